The van der Waals surface area contributed by atoms with E-state index in [2.05, 4.69) is 5.10 Å². The molecule has 0 saturated heterocycles. The average molecular weight is 299 g/mol. The van der Waals surface area contributed by atoms with Gasteiger partial charge in [-0.1, -0.05) is 17.7 Å². The predicted molar refractivity (Wildman–Crippen MR) is 73.6 cm³/mol. The van der Waals surface area contributed by atoms with Crippen molar-refractivity contribution in [1.29, 1.82) is 0 Å². The van der Waals surface area contributed by atoms with Gasteiger partial charge in [0, 0.05) is 24.1 Å². The van der Waals surface area contributed by atoms with Gasteiger partial charge >= 0.3 is 5.97 Å². The van der Waals surface area contributed by atoms with Gasteiger partial charge in [-0.2, -0.15) is 5.10 Å². The molecule has 2 rings (SSSR count). The van der Waals surface area contributed by atoms with E-state index in [9.17, 15) is 4.79 Å². The van der Waals surface area contributed by atoms with Crippen molar-refractivity contribution in [2.45, 2.75) is 12.0 Å². The van der Waals surface area contributed by atoms with Gasteiger partial charge in [0.1, 0.15) is 12.5 Å². The Labute approximate surface area is 121 Å². The van der Waals surface area contributed by atoms with E-state index in [0.29, 0.717) is 10.7 Å². The van der Waals surface area contributed by atoms with Crippen molar-refractivity contribution in [3.63, 3.8) is 0 Å². The summed E-state index contributed by atoms with van der Waals surface area (Å²) in [5, 5.41) is 4.29. The molecule has 0 aliphatic heterocycles. The van der Waals surface area contributed by atoms with E-state index < -0.39 is 11.6 Å². The minimum atomic E-state index is -1.40. The summed E-state index contributed by atoms with van der Waals surface area (Å²) < 4.78 is 15.3. The fourth-order valence-electron chi connectivity index (χ4n) is 2.35. The molecule has 0 fully saturated rings. The predicted octanol–water partition coefficient (Wildman–Crippen LogP) is 1.09. The Morgan fingerprint density at radius 2 is 2.25 bits per heavy atom. The van der Waals surface area contributed by atoms with E-state index in [4.69, 9.17) is 31.7 Å². The van der Waals surface area contributed by atoms with Crippen molar-refractivity contribution in [1.82, 2.24) is 0 Å². The number of fused-ring (bicyclic) bond motifs is 1. The first-order valence-electron chi connectivity index (χ1n) is 5.87. The molecule has 1 aliphatic rings. The van der Waals surface area contributed by atoms with Gasteiger partial charge in [0.2, 0.25) is 5.60 Å². The van der Waals surface area contributed by atoms with Crippen molar-refractivity contribution in [3.05, 3.63) is 34.3 Å². The lowest BCUT2D eigenvalue weighted by Gasteiger charge is -2.26. The second kappa shape index (κ2) is 5.78. The third-order valence-electron chi connectivity index (χ3n) is 3.21. The maximum atomic E-state index is 12.2. The Balaban J connectivity index is 2.52. The zero-order valence-electron chi connectivity index (χ0n) is 11.2. The largest absolute Gasteiger partial charge is 0.467 e. The second-order valence-electron chi connectivity index (χ2n) is 4.33. The maximum Gasteiger partial charge on any atom is 0.345 e. The lowest BCUT2D eigenvalue weighted by Crippen LogP contribution is -2.49. The SMILES string of the molecule is COCOC1(C(=O)OC)Cc2cc(Cl)ccc2C1=NN. The number of nitrogens with zero attached hydrogens (tertiary/aromatic N) is 1. The van der Waals surface area contributed by atoms with Crippen LogP contribution in [0.3, 0.4) is 0 Å². The van der Waals surface area contributed by atoms with Crippen LogP contribution in [0.4, 0.5) is 0 Å². The highest BCUT2D eigenvalue weighted by atomic mass is 35.5. The molecule has 0 amide bonds. The molecule has 6 nitrogen and oxygen atoms in total. The van der Waals surface area contributed by atoms with E-state index in [1.807, 2.05) is 0 Å². The molecule has 0 radical (unpaired) electrons. The molecular formula is C13H15ClN2O4. The Kier molecular flexibility index (Phi) is 4.27. The standard InChI is InChI=1S/C13H15ClN2O4/c1-18-7-20-13(12(17)19-2)6-8-5-9(14)3-4-10(8)11(13)16-15/h3-5H,6-7,15H2,1-2H3. The van der Waals surface area contributed by atoms with Gasteiger partial charge in [-0.25, -0.2) is 4.79 Å². The van der Waals surface area contributed by atoms with Crippen LogP contribution in [0.25, 0.3) is 0 Å². The number of halogens is 1. The zero-order valence-corrected chi connectivity index (χ0v) is 11.9. The highest BCUT2D eigenvalue weighted by Gasteiger charge is 2.52. The summed E-state index contributed by atoms with van der Waals surface area (Å²) in [6.45, 7) is -0.0875. The van der Waals surface area contributed by atoms with Crippen LogP contribution < -0.4 is 5.84 Å². The van der Waals surface area contributed by atoms with E-state index in [1.54, 1.807) is 18.2 Å². The number of carbonyl (C=O) groups excluding carboxylic acids is 1. The van der Waals surface area contributed by atoms with Crippen LogP contribution in [-0.2, 0) is 25.4 Å². The van der Waals surface area contributed by atoms with E-state index in [0.717, 1.165) is 11.1 Å². The van der Waals surface area contributed by atoms with Crippen LogP contribution in [0, 0.1) is 0 Å². The molecule has 0 aromatic heterocycles. The summed E-state index contributed by atoms with van der Waals surface area (Å²) in [4.78, 5) is 12.2. The number of carbonyl (C=O) groups is 1. The second-order valence-corrected chi connectivity index (χ2v) is 4.76. The van der Waals surface area contributed by atoms with Crippen molar-refractivity contribution in [2.75, 3.05) is 21.0 Å². The molecule has 7 heteroatoms. The molecule has 1 atom stereocenters. The first-order chi connectivity index (χ1) is 9.58. The van der Waals surface area contributed by atoms with Crippen molar-refractivity contribution < 1.29 is 19.0 Å². The van der Waals surface area contributed by atoms with Crippen molar-refractivity contribution in [2.24, 2.45) is 10.9 Å². The number of hydrogen-bond donors (Lipinski definition) is 1. The smallest absolute Gasteiger partial charge is 0.345 e. The van der Waals surface area contributed by atoms with Gasteiger partial charge in [-0.05, 0) is 17.7 Å². The third-order valence-corrected chi connectivity index (χ3v) is 3.45. The van der Waals surface area contributed by atoms with Gasteiger partial charge in [-0.15, -0.1) is 0 Å². The first-order valence-corrected chi connectivity index (χ1v) is 6.25. The molecule has 0 saturated carbocycles. The quantitative estimate of drug-likeness (QED) is 0.389. The highest BCUT2D eigenvalue weighted by molar-refractivity contribution is 6.31. The van der Waals surface area contributed by atoms with Crippen LogP contribution >= 0.6 is 11.6 Å². The molecule has 1 unspecified atom stereocenters. The molecule has 0 bridgehead atoms. The summed E-state index contributed by atoms with van der Waals surface area (Å²) in [5.41, 5.74) is 0.460. The Morgan fingerprint density at radius 1 is 1.50 bits per heavy atom. The number of nitrogens with two attached hydrogens (primary N) is 1. The fraction of sp³-hybridized carbons (Fsp3) is 0.385. The molecule has 2 N–H and O–H groups in total. The maximum absolute atomic E-state index is 12.2. The van der Waals surface area contributed by atoms with E-state index in [1.165, 1.54) is 14.2 Å². The number of benzene rings is 1. The molecule has 1 aromatic carbocycles. The molecule has 108 valence electrons. The summed E-state index contributed by atoms with van der Waals surface area (Å²) >= 11 is 5.97. The number of esters is 1. The van der Waals surface area contributed by atoms with E-state index in [-0.39, 0.29) is 13.2 Å². The summed E-state index contributed by atoms with van der Waals surface area (Å²) in [5.74, 6) is 4.88. The van der Waals surface area contributed by atoms with Crippen LogP contribution in [0.2, 0.25) is 5.02 Å². The Morgan fingerprint density at radius 3 is 2.85 bits per heavy atom. The van der Waals surface area contributed by atoms with Crippen LogP contribution in [-0.4, -0.2) is 38.3 Å². The average Bonchev–Trinajstić information content (AvgIpc) is 2.77. The molecule has 1 aromatic rings. The first kappa shape index (κ1) is 14.8. The molecule has 0 heterocycles. The zero-order chi connectivity index (χ0) is 14.8. The minimum absolute atomic E-state index is 0.0875. The van der Waals surface area contributed by atoms with Crippen LogP contribution in [0.5, 0.6) is 0 Å². The number of rotatable bonds is 4. The lowest BCUT2D eigenvalue weighted by atomic mass is 9.98. The van der Waals surface area contributed by atoms with Gasteiger partial charge in [0.05, 0.1) is 7.11 Å². The summed E-state index contributed by atoms with van der Waals surface area (Å²) in [7, 11) is 2.74. The fourth-order valence-corrected chi connectivity index (χ4v) is 2.55. The molecule has 1 aliphatic carbocycles. The van der Waals surface area contributed by atoms with Gasteiger partial charge in [-0.3, -0.25) is 0 Å². The van der Waals surface area contributed by atoms with Crippen LogP contribution in [0.15, 0.2) is 23.3 Å². The molecule has 20 heavy (non-hydrogen) atoms. The monoisotopic (exact) mass is 298 g/mol. The van der Waals surface area contributed by atoms with E-state index >= 15 is 0 Å². The van der Waals surface area contributed by atoms with Gasteiger partial charge < -0.3 is 20.1 Å². The Hall–Kier alpha value is -1.63. The number of ether oxygens (including phenoxy) is 3. The Bertz CT molecular complexity index is 561. The number of hydrazone groups is 1. The lowest BCUT2D eigenvalue weighted by molar-refractivity contribution is -0.170. The highest BCUT2D eigenvalue weighted by Crippen LogP contribution is 2.36. The topological polar surface area (TPSA) is 83.1 Å². The number of methoxy groups -OCH3 is 2. The molecule has 0 spiro atoms. The summed E-state index contributed by atoms with van der Waals surface area (Å²) in [6, 6.07) is 5.21. The minimum Gasteiger partial charge on any atom is -0.467 e. The third kappa shape index (κ3) is 2.26. The normalized spacial score (nSPS) is 22.9. The molecular weight excluding hydrogens is 284 g/mol. The number of hydrogen-bond acceptors (Lipinski definition) is 6. The van der Waals surface area contributed by atoms with Crippen molar-refractivity contribution in [3.8, 4) is 0 Å². The van der Waals surface area contributed by atoms with Gasteiger partial charge in [0.25, 0.3) is 0 Å². The van der Waals surface area contributed by atoms with Crippen LogP contribution in [0.1, 0.15) is 11.1 Å². The summed E-state index contributed by atoms with van der Waals surface area (Å²) in [6.07, 6.45) is 0.245. The van der Waals surface area contributed by atoms with Crippen molar-refractivity contribution >= 4 is 23.3 Å². The van der Waals surface area contributed by atoms with Gasteiger partial charge in [0.15, 0.2) is 0 Å².